The quantitative estimate of drug-likeness (QED) is 0.814. The van der Waals surface area contributed by atoms with Crippen molar-refractivity contribution in [3.05, 3.63) is 47.0 Å². The molecular weight excluding hydrogens is 328 g/mol. The molecule has 6 heteroatoms. The van der Waals surface area contributed by atoms with Crippen LogP contribution in [0.5, 0.6) is 0 Å². The van der Waals surface area contributed by atoms with Crippen molar-refractivity contribution in [3.63, 3.8) is 0 Å². The third kappa shape index (κ3) is 5.08. The smallest absolute Gasteiger partial charge is 0.408 e. The molecular formula is C20H24N4O2. The van der Waals surface area contributed by atoms with Crippen LogP contribution < -0.4 is 10.6 Å². The Morgan fingerprint density at radius 2 is 1.92 bits per heavy atom. The Hall–Kier alpha value is -2.83. The standard InChI is InChI=1S/C20H24N4O2/c1-20(2,3)26-19(25)24-18(14-7-5-4-6-8-14)17-13-23-10-9-16(17)15(11-21)12-22/h4-8,17-18,23H,9-10,13H2,1-3H3,(H,24,25)/t17-,18+/m1/s1. The van der Waals surface area contributed by atoms with Gasteiger partial charge < -0.3 is 15.4 Å². The first-order valence-corrected chi connectivity index (χ1v) is 8.64. The number of piperidine rings is 1. The van der Waals surface area contributed by atoms with Crippen molar-refractivity contribution in [2.45, 2.75) is 38.8 Å². The van der Waals surface area contributed by atoms with Crippen LogP contribution in [-0.4, -0.2) is 24.8 Å². The zero-order chi connectivity index (χ0) is 19.2. The van der Waals surface area contributed by atoms with Crippen LogP contribution in [0.25, 0.3) is 0 Å². The summed E-state index contributed by atoms with van der Waals surface area (Å²) in [5, 5.41) is 24.9. The molecule has 2 atom stereocenters. The number of allylic oxidation sites excluding steroid dienone is 1. The fourth-order valence-electron chi connectivity index (χ4n) is 3.10. The number of nitriles is 2. The van der Waals surface area contributed by atoms with E-state index in [0.29, 0.717) is 19.5 Å². The van der Waals surface area contributed by atoms with Crippen molar-refractivity contribution in [2.75, 3.05) is 13.1 Å². The van der Waals surface area contributed by atoms with E-state index in [4.69, 9.17) is 4.74 Å². The molecule has 6 nitrogen and oxygen atoms in total. The van der Waals surface area contributed by atoms with Crippen LogP contribution in [0.15, 0.2) is 41.5 Å². The summed E-state index contributed by atoms with van der Waals surface area (Å²) in [4.78, 5) is 12.4. The second-order valence-corrected chi connectivity index (χ2v) is 7.22. The van der Waals surface area contributed by atoms with Crippen LogP contribution in [0.1, 0.15) is 38.8 Å². The molecule has 1 aromatic carbocycles. The minimum Gasteiger partial charge on any atom is -0.444 e. The van der Waals surface area contributed by atoms with Gasteiger partial charge in [0.25, 0.3) is 0 Å². The summed E-state index contributed by atoms with van der Waals surface area (Å²) in [5.74, 6) is -0.201. The topological polar surface area (TPSA) is 97.9 Å². The third-order valence-corrected chi connectivity index (χ3v) is 4.16. The minimum absolute atomic E-state index is 0.128. The first kappa shape index (κ1) is 19.5. The number of hydrogen-bond donors (Lipinski definition) is 2. The molecule has 136 valence electrons. The predicted molar refractivity (Wildman–Crippen MR) is 97.8 cm³/mol. The van der Waals surface area contributed by atoms with Gasteiger partial charge in [0, 0.05) is 12.5 Å². The lowest BCUT2D eigenvalue weighted by Crippen LogP contribution is -2.44. The summed E-state index contributed by atoms with van der Waals surface area (Å²) in [6, 6.07) is 13.1. The average molecular weight is 352 g/mol. The molecule has 0 saturated carbocycles. The summed E-state index contributed by atoms with van der Waals surface area (Å²) >= 11 is 0. The Labute approximate surface area is 154 Å². The zero-order valence-electron chi connectivity index (χ0n) is 15.4. The van der Waals surface area contributed by atoms with Gasteiger partial charge in [-0.3, -0.25) is 0 Å². The Morgan fingerprint density at radius 1 is 1.27 bits per heavy atom. The van der Waals surface area contributed by atoms with E-state index in [1.54, 1.807) is 20.8 Å². The van der Waals surface area contributed by atoms with E-state index >= 15 is 0 Å². The normalized spacial score (nSPS) is 18.2. The van der Waals surface area contributed by atoms with Crippen molar-refractivity contribution < 1.29 is 9.53 Å². The molecule has 1 aliphatic heterocycles. The molecule has 1 fully saturated rings. The molecule has 26 heavy (non-hydrogen) atoms. The van der Waals surface area contributed by atoms with Crippen LogP contribution in [-0.2, 0) is 4.74 Å². The fraction of sp³-hybridized carbons (Fsp3) is 0.450. The number of carbonyl (C=O) groups excluding carboxylic acids is 1. The highest BCUT2D eigenvalue weighted by Crippen LogP contribution is 2.33. The van der Waals surface area contributed by atoms with Gasteiger partial charge in [0.2, 0.25) is 0 Å². The summed E-state index contributed by atoms with van der Waals surface area (Å²) in [6.45, 7) is 6.69. The van der Waals surface area contributed by atoms with Gasteiger partial charge in [-0.15, -0.1) is 0 Å². The van der Waals surface area contributed by atoms with E-state index in [2.05, 4.69) is 10.6 Å². The van der Waals surface area contributed by atoms with E-state index in [1.165, 1.54) is 0 Å². The summed E-state index contributed by atoms with van der Waals surface area (Å²) < 4.78 is 5.41. The molecule has 0 radical (unpaired) electrons. The molecule has 1 heterocycles. The highest BCUT2D eigenvalue weighted by Gasteiger charge is 2.33. The number of amides is 1. The highest BCUT2D eigenvalue weighted by molar-refractivity contribution is 5.68. The maximum Gasteiger partial charge on any atom is 0.408 e. The molecule has 1 aromatic rings. The molecule has 0 aromatic heterocycles. The first-order valence-electron chi connectivity index (χ1n) is 8.64. The van der Waals surface area contributed by atoms with Gasteiger partial charge >= 0.3 is 6.09 Å². The van der Waals surface area contributed by atoms with Gasteiger partial charge in [0.15, 0.2) is 0 Å². The number of nitrogens with zero attached hydrogens (tertiary/aromatic N) is 2. The predicted octanol–water partition coefficient (Wildman–Crippen LogP) is 3.21. The van der Waals surface area contributed by atoms with Gasteiger partial charge in [-0.2, -0.15) is 10.5 Å². The molecule has 1 aliphatic rings. The molecule has 1 amide bonds. The summed E-state index contributed by atoms with van der Waals surface area (Å²) in [6.07, 6.45) is 0.0761. The number of benzene rings is 1. The van der Waals surface area contributed by atoms with Gasteiger partial charge in [-0.05, 0) is 44.9 Å². The zero-order valence-corrected chi connectivity index (χ0v) is 15.4. The van der Waals surface area contributed by atoms with Crippen molar-refractivity contribution in [2.24, 2.45) is 5.92 Å². The Kier molecular flexibility index (Phi) is 6.38. The van der Waals surface area contributed by atoms with E-state index in [9.17, 15) is 15.3 Å². The number of carbonyl (C=O) groups is 1. The average Bonchev–Trinajstić information content (AvgIpc) is 2.61. The second-order valence-electron chi connectivity index (χ2n) is 7.22. The van der Waals surface area contributed by atoms with Crippen molar-refractivity contribution in [1.82, 2.24) is 10.6 Å². The lowest BCUT2D eigenvalue weighted by atomic mass is 9.81. The van der Waals surface area contributed by atoms with Crippen LogP contribution >= 0.6 is 0 Å². The number of rotatable bonds is 3. The highest BCUT2D eigenvalue weighted by atomic mass is 16.6. The molecule has 0 bridgehead atoms. The van der Waals surface area contributed by atoms with Crippen molar-refractivity contribution >= 4 is 6.09 Å². The number of nitrogens with one attached hydrogen (secondary N) is 2. The van der Waals surface area contributed by atoms with Gasteiger partial charge in [0.05, 0.1) is 6.04 Å². The van der Waals surface area contributed by atoms with Crippen LogP contribution in [0.3, 0.4) is 0 Å². The monoisotopic (exact) mass is 352 g/mol. The largest absolute Gasteiger partial charge is 0.444 e. The van der Waals surface area contributed by atoms with Gasteiger partial charge in [-0.1, -0.05) is 30.3 Å². The van der Waals surface area contributed by atoms with E-state index in [1.807, 2.05) is 42.5 Å². The third-order valence-electron chi connectivity index (χ3n) is 4.16. The Bertz CT molecular complexity index is 735. The summed E-state index contributed by atoms with van der Waals surface area (Å²) in [5.41, 5.74) is 1.20. The Balaban J connectivity index is 2.40. The Morgan fingerprint density at radius 3 is 2.50 bits per heavy atom. The van der Waals surface area contributed by atoms with E-state index in [0.717, 1.165) is 11.1 Å². The van der Waals surface area contributed by atoms with Crippen molar-refractivity contribution in [3.8, 4) is 12.1 Å². The summed E-state index contributed by atoms with van der Waals surface area (Å²) in [7, 11) is 0. The molecule has 0 unspecified atom stereocenters. The fourth-order valence-corrected chi connectivity index (χ4v) is 3.10. The SMILES string of the molecule is CC(C)(C)OC(=O)N[C@@H](c1ccccc1)[C@@H]1CNCCC1=C(C#N)C#N. The first-order chi connectivity index (χ1) is 12.4. The maximum atomic E-state index is 12.4. The van der Waals surface area contributed by atoms with E-state index < -0.39 is 17.7 Å². The lowest BCUT2D eigenvalue weighted by Gasteiger charge is -2.34. The molecule has 1 saturated heterocycles. The van der Waals surface area contributed by atoms with Crippen molar-refractivity contribution in [1.29, 1.82) is 10.5 Å². The molecule has 2 N–H and O–H groups in total. The number of ether oxygens (including phenoxy) is 1. The van der Waals surface area contributed by atoms with Crippen LogP contribution in [0.2, 0.25) is 0 Å². The van der Waals surface area contributed by atoms with Crippen LogP contribution in [0, 0.1) is 28.6 Å². The minimum atomic E-state index is -0.612. The molecule has 0 spiro atoms. The van der Waals surface area contributed by atoms with Crippen LogP contribution in [0.4, 0.5) is 4.79 Å². The lowest BCUT2D eigenvalue weighted by molar-refractivity contribution is 0.0488. The molecule has 2 rings (SSSR count). The van der Waals surface area contributed by atoms with Gasteiger partial charge in [-0.25, -0.2) is 4.79 Å². The number of alkyl carbamates (subject to hydrolysis) is 1. The van der Waals surface area contributed by atoms with Gasteiger partial charge in [0.1, 0.15) is 23.3 Å². The van der Waals surface area contributed by atoms with E-state index in [-0.39, 0.29) is 11.5 Å². The maximum absolute atomic E-state index is 12.4. The number of hydrogen-bond acceptors (Lipinski definition) is 5. The molecule has 0 aliphatic carbocycles. The second kappa shape index (κ2) is 8.51.